The molecule has 2 rings (SSSR count). The largest absolute Gasteiger partial charge is 0.399 e. The van der Waals surface area contributed by atoms with Gasteiger partial charge in [-0.25, -0.2) is 0 Å². The Bertz CT molecular complexity index is 487. The normalized spacial score (nSPS) is 9.50. The molecule has 2 nitrogen and oxygen atoms in total. The Morgan fingerprint density at radius 3 is 1.94 bits per heavy atom. The van der Waals surface area contributed by atoms with Gasteiger partial charge in [-0.15, -0.1) is 0 Å². The number of aryl methyl sites for hydroxylation is 1. The van der Waals surface area contributed by atoms with Crippen LogP contribution >= 0.6 is 0 Å². The van der Waals surface area contributed by atoms with Crippen LogP contribution in [0.3, 0.4) is 0 Å². The number of rotatable bonds is 2. The van der Waals surface area contributed by atoms with Crippen LogP contribution in [-0.2, 0) is 6.42 Å². The summed E-state index contributed by atoms with van der Waals surface area (Å²) in [6.45, 7) is 6.03. The molecule has 0 unspecified atom stereocenters. The van der Waals surface area contributed by atoms with E-state index in [1.54, 1.807) is 0 Å². The fourth-order valence-electron chi connectivity index (χ4n) is 1.72. The standard InChI is InChI=1S/C14H16N2.C2H6/c1-10-8-12(4-7-14(10)16)9-11-2-5-13(15)6-3-11;1-2/h2-8H,9,15-16H2,1H3;1-2H3. The highest BCUT2D eigenvalue weighted by Gasteiger charge is 1.99. The molecular weight excluding hydrogens is 220 g/mol. The first-order valence-corrected chi connectivity index (χ1v) is 6.34. The van der Waals surface area contributed by atoms with E-state index in [-0.39, 0.29) is 0 Å². The average Bonchev–Trinajstić information content (AvgIpc) is 2.39. The van der Waals surface area contributed by atoms with Crippen LogP contribution in [0.25, 0.3) is 0 Å². The van der Waals surface area contributed by atoms with E-state index in [0.29, 0.717) is 0 Å². The summed E-state index contributed by atoms with van der Waals surface area (Å²) in [5.41, 5.74) is 16.8. The number of benzene rings is 2. The molecule has 0 aliphatic rings. The summed E-state index contributed by atoms with van der Waals surface area (Å²) < 4.78 is 0. The van der Waals surface area contributed by atoms with E-state index >= 15 is 0 Å². The molecule has 2 aromatic carbocycles. The summed E-state index contributed by atoms with van der Waals surface area (Å²) in [6, 6.07) is 14.1. The van der Waals surface area contributed by atoms with Crippen LogP contribution in [0.15, 0.2) is 42.5 Å². The van der Waals surface area contributed by atoms with Gasteiger partial charge in [-0.1, -0.05) is 38.1 Å². The predicted molar refractivity (Wildman–Crippen MR) is 80.6 cm³/mol. The second-order valence-corrected chi connectivity index (χ2v) is 4.11. The SMILES string of the molecule is CC.Cc1cc(Cc2ccc(N)cc2)ccc1N. The maximum absolute atomic E-state index is 5.79. The van der Waals surface area contributed by atoms with Gasteiger partial charge in [0, 0.05) is 11.4 Å². The number of hydrogen-bond acceptors (Lipinski definition) is 2. The highest BCUT2D eigenvalue weighted by molar-refractivity contribution is 5.48. The van der Waals surface area contributed by atoms with Crippen molar-refractivity contribution in [2.75, 3.05) is 11.5 Å². The summed E-state index contributed by atoms with van der Waals surface area (Å²) in [6.07, 6.45) is 0.918. The first-order valence-electron chi connectivity index (χ1n) is 6.34. The second-order valence-electron chi connectivity index (χ2n) is 4.11. The van der Waals surface area contributed by atoms with Crippen molar-refractivity contribution in [3.8, 4) is 0 Å². The summed E-state index contributed by atoms with van der Waals surface area (Å²) in [7, 11) is 0. The van der Waals surface area contributed by atoms with Crippen molar-refractivity contribution in [2.45, 2.75) is 27.2 Å². The smallest absolute Gasteiger partial charge is 0.0343 e. The van der Waals surface area contributed by atoms with Gasteiger partial charge in [0.15, 0.2) is 0 Å². The fourth-order valence-corrected chi connectivity index (χ4v) is 1.72. The lowest BCUT2D eigenvalue weighted by Gasteiger charge is -2.05. The molecule has 2 heteroatoms. The quantitative estimate of drug-likeness (QED) is 0.787. The van der Waals surface area contributed by atoms with Gasteiger partial charge in [0.2, 0.25) is 0 Å². The van der Waals surface area contributed by atoms with Gasteiger partial charge in [-0.2, -0.15) is 0 Å². The Morgan fingerprint density at radius 2 is 1.39 bits per heavy atom. The van der Waals surface area contributed by atoms with Crippen molar-refractivity contribution in [2.24, 2.45) is 0 Å². The highest BCUT2D eigenvalue weighted by atomic mass is 14.5. The monoisotopic (exact) mass is 242 g/mol. The number of hydrogen-bond donors (Lipinski definition) is 2. The molecule has 0 spiro atoms. The van der Waals surface area contributed by atoms with E-state index in [1.807, 2.05) is 39.0 Å². The third-order valence-electron chi connectivity index (χ3n) is 2.72. The van der Waals surface area contributed by atoms with Crippen LogP contribution in [-0.4, -0.2) is 0 Å². The topological polar surface area (TPSA) is 52.0 Å². The minimum atomic E-state index is 0.803. The number of anilines is 2. The van der Waals surface area contributed by atoms with Gasteiger partial charge in [0.05, 0.1) is 0 Å². The Balaban J connectivity index is 0.000000771. The predicted octanol–water partition coefficient (Wildman–Crippen LogP) is 3.78. The molecule has 4 N–H and O–H groups in total. The van der Waals surface area contributed by atoms with E-state index in [4.69, 9.17) is 11.5 Å². The lowest BCUT2D eigenvalue weighted by molar-refractivity contribution is 1.18. The van der Waals surface area contributed by atoms with Gasteiger partial charge in [0.1, 0.15) is 0 Å². The average molecular weight is 242 g/mol. The van der Waals surface area contributed by atoms with Crippen molar-refractivity contribution < 1.29 is 0 Å². The first kappa shape index (κ1) is 14.1. The molecule has 0 heterocycles. The zero-order chi connectivity index (χ0) is 13.5. The molecule has 0 radical (unpaired) electrons. The molecule has 0 atom stereocenters. The summed E-state index contributed by atoms with van der Waals surface area (Å²) in [5, 5.41) is 0. The molecular formula is C16H22N2. The molecule has 96 valence electrons. The third-order valence-corrected chi connectivity index (χ3v) is 2.72. The van der Waals surface area contributed by atoms with Crippen molar-refractivity contribution in [1.29, 1.82) is 0 Å². The molecule has 18 heavy (non-hydrogen) atoms. The number of nitrogen functional groups attached to an aromatic ring is 2. The fraction of sp³-hybridized carbons (Fsp3) is 0.250. The Hall–Kier alpha value is -1.96. The van der Waals surface area contributed by atoms with E-state index < -0.39 is 0 Å². The maximum Gasteiger partial charge on any atom is 0.0343 e. The first-order chi connectivity index (χ1) is 8.65. The lowest BCUT2D eigenvalue weighted by Crippen LogP contribution is -1.93. The molecule has 0 aromatic heterocycles. The Morgan fingerprint density at radius 1 is 0.833 bits per heavy atom. The Labute approximate surface area is 110 Å². The van der Waals surface area contributed by atoms with E-state index in [2.05, 4.69) is 24.3 Å². The van der Waals surface area contributed by atoms with Gasteiger partial charge < -0.3 is 11.5 Å². The zero-order valence-electron chi connectivity index (χ0n) is 11.4. The molecule has 2 aromatic rings. The molecule has 0 bridgehead atoms. The second kappa shape index (κ2) is 6.70. The number of nitrogens with two attached hydrogens (primary N) is 2. The molecule has 0 saturated heterocycles. The third kappa shape index (κ3) is 3.81. The molecule has 0 fully saturated rings. The maximum atomic E-state index is 5.79. The van der Waals surface area contributed by atoms with Crippen LogP contribution in [0.2, 0.25) is 0 Å². The van der Waals surface area contributed by atoms with Crippen LogP contribution in [0.4, 0.5) is 11.4 Å². The van der Waals surface area contributed by atoms with Crippen molar-refractivity contribution in [1.82, 2.24) is 0 Å². The Kier molecular flexibility index (Phi) is 5.25. The van der Waals surface area contributed by atoms with Crippen LogP contribution in [0.1, 0.15) is 30.5 Å². The van der Waals surface area contributed by atoms with Gasteiger partial charge in [0.25, 0.3) is 0 Å². The summed E-state index contributed by atoms with van der Waals surface area (Å²) in [5.74, 6) is 0. The van der Waals surface area contributed by atoms with Gasteiger partial charge in [-0.3, -0.25) is 0 Å². The molecule has 0 amide bonds. The molecule has 0 saturated carbocycles. The minimum absolute atomic E-state index is 0.803. The van der Waals surface area contributed by atoms with E-state index in [1.165, 1.54) is 11.1 Å². The zero-order valence-corrected chi connectivity index (χ0v) is 11.4. The van der Waals surface area contributed by atoms with Gasteiger partial charge >= 0.3 is 0 Å². The van der Waals surface area contributed by atoms with Gasteiger partial charge in [-0.05, 0) is 48.2 Å². The van der Waals surface area contributed by atoms with Crippen LogP contribution in [0, 0.1) is 6.92 Å². The van der Waals surface area contributed by atoms with E-state index in [9.17, 15) is 0 Å². The van der Waals surface area contributed by atoms with Crippen molar-refractivity contribution >= 4 is 11.4 Å². The minimum Gasteiger partial charge on any atom is -0.399 e. The summed E-state index contributed by atoms with van der Waals surface area (Å²) in [4.78, 5) is 0. The summed E-state index contributed by atoms with van der Waals surface area (Å²) >= 11 is 0. The van der Waals surface area contributed by atoms with E-state index in [0.717, 1.165) is 23.4 Å². The van der Waals surface area contributed by atoms with Crippen LogP contribution < -0.4 is 11.5 Å². The highest BCUT2D eigenvalue weighted by Crippen LogP contribution is 2.16. The van der Waals surface area contributed by atoms with Crippen molar-refractivity contribution in [3.63, 3.8) is 0 Å². The van der Waals surface area contributed by atoms with Crippen LogP contribution in [0.5, 0.6) is 0 Å². The van der Waals surface area contributed by atoms with Crippen molar-refractivity contribution in [3.05, 3.63) is 59.2 Å². The lowest BCUT2D eigenvalue weighted by atomic mass is 10.0. The molecule has 0 aliphatic carbocycles. The molecule has 0 aliphatic heterocycles.